The van der Waals surface area contributed by atoms with E-state index < -0.39 is 11.8 Å². The first kappa shape index (κ1) is 15.5. The molecular formula is C21H15N5O. The summed E-state index contributed by atoms with van der Waals surface area (Å²) in [6.45, 7) is 0. The van der Waals surface area contributed by atoms with Crippen molar-refractivity contribution in [2.24, 2.45) is 13.0 Å². The Morgan fingerprint density at radius 2 is 1.96 bits per heavy atom. The molecule has 6 heteroatoms. The van der Waals surface area contributed by atoms with Crippen molar-refractivity contribution >= 4 is 27.8 Å². The number of nitrogens with one attached hydrogen (secondary N) is 1. The molecule has 0 saturated heterocycles. The van der Waals surface area contributed by atoms with Gasteiger partial charge in [0.25, 0.3) is 0 Å². The summed E-state index contributed by atoms with van der Waals surface area (Å²) in [5.41, 5.74) is 4.12. The second-order valence-electron chi connectivity index (χ2n) is 6.68. The van der Waals surface area contributed by atoms with Gasteiger partial charge in [0.15, 0.2) is 0 Å². The molecule has 3 heterocycles. The van der Waals surface area contributed by atoms with Gasteiger partial charge >= 0.3 is 0 Å². The zero-order chi connectivity index (χ0) is 18.5. The number of aromatic nitrogens is 3. The van der Waals surface area contributed by atoms with Crippen LogP contribution < -0.4 is 4.74 Å². The van der Waals surface area contributed by atoms with E-state index in [0.717, 1.165) is 27.5 Å². The molecule has 5 rings (SSSR count). The minimum absolute atomic E-state index is 0.0543. The molecule has 0 spiro atoms. The molecule has 2 aromatic carbocycles. The third-order valence-electron chi connectivity index (χ3n) is 5.14. The standard InChI is InChI=1S/C21H15N5O/c1-26-9-8-12-18(26)7-6-13-19(14(10-22)21(23)27-20(12)13)17-11-24-15-4-2-3-5-16(15)25-17/h2-9,11,14,19,23H,1H3. The fourth-order valence-electron chi connectivity index (χ4n) is 3.79. The van der Waals surface area contributed by atoms with Gasteiger partial charge in [-0.3, -0.25) is 10.4 Å². The molecule has 0 amide bonds. The summed E-state index contributed by atoms with van der Waals surface area (Å²) in [6, 6.07) is 15.8. The maximum absolute atomic E-state index is 9.73. The van der Waals surface area contributed by atoms with Gasteiger partial charge in [0, 0.05) is 30.4 Å². The quantitative estimate of drug-likeness (QED) is 0.564. The largest absolute Gasteiger partial charge is 0.441 e. The lowest BCUT2D eigenvalue weighted by Gasteiger charge is -2.30. The van der Waals surface area contributed by atoms with E-state index >= 15 is 0 Å². The van der Waals surface area contributed by atoms with Gasteiger partial charge in [-0.1, -0.05) is 18.2 Å². The predicted octanol–water partition coefficient (Wildman–Crippen LogP) is 3.76. The van der Waals surface area contributed by atoms with E-state index in [0.29, 0.717) is 11.4 Å². The van der Waals surface area contributed by atoms with E-state index in [9.17, 15) is 5.26 Å². The molecule has 1 aliphatic rings. The van der Waals surface area contributed by atoms with Crippen LogP contribution in [0.15, 0.2) is 54.9 Å². The number of hydrogen-bond donors (Lipinski definition) is 1. The van der Waals surface area contributed by atoms with Crippen molar-refractivity contribution in [1.82, 2.24) is 14.5 Å². The molecule has 2 aromatic heterocycles. The summed E-state index contributed by atoms with van der Waals surface area (Å²) >= 11 is 0. The highest BCUT2D eigenvalue weighted by Gasteiger charge is 2.39. The second kappa shape index (κ2) is 5.64. The van der Waals surface area contributed by atoms with Crippen molar-refractivity contribution in [1.29, 1.82) is 10.7 Å². The zero-order valence-corrected chi connectivity index (χ0v) is 14.5. The Morgan fingerprint density at radius 1 is 1.15 bits per heavy atom. The number of para-hydroxylation sites is 2. The van der Waals surface area contributed by atoms with Gasteiger partial charge in [0.2, 0.25) is 5.90 Å². The van der Waals surface area contributed by atoms with Gasteiger partial charge in [-0.15, -0.1) is 0 Å². The smallest absolute Gasteiger partial charge is 0.205 e. The monoisotopic (exact) mass is 353 g/mol. The first-order valence-corrected chi connectivity index (χ1v) is 8.63. The lowest BCUT2D eigenvalue weighted by atomic mass is 9.81. The van der Waals surface area contributed by atoms with E-state index in [1.807, 2.05) is 60.3 Å². The Kier molecular flexibility index (Phi) is 3.25. The maximum atomic E-state index is 9.73. The molecule has 1 N–H and O–H groups in total. The van der Waals surface area contributed by atoms with Crippen molar-refractivity contribution in [3.8, 4) is 11.8 Å². The first-order valence-electron chi connectivity index (χ1n) is 8.63. The Bertz CT molecular complexity index is 1270. The molecule has 0 radical (unpaired) electrons. The molecule has 6 nitrogen and oxygen atoms in total. The molecule has 2 atom stereocenters. The molecule has 130 valence electrons. The van der Waals surface area contributed by atoms with Gasteiger partial charge in [0.1, 0.15) is 11.7 Å². The van der Waals surface area contributed by atoms with E-state index in [2.05, 4.69) is 11.1 Å². The number of hydrogen-bond acceptors (Lipinski definition) is 5. The molecule has 0 bridgehead atoms. The van der Waals surface area contributed by atoms with E-state index in [1.54, 1.807) is 6.20 Å². The summed E-state index contributed by atoms with van der Waals surface area (Å²) in [4.78, 5) is 9.25. The molecule has 1 aliphatic heterocycles. The highest BCUT2D eigenvalue weighted by Crippen LogP contribution is 2.45. The molecule has 27 heavy (non-hydrogen) atoms. The highest BCUT2D eigenvalue weighted by molar-refractivity contribution is 5.95. The summed E-state index contributed by atoms with van der Waals surface area (Å²) in [7, 11) is 1.97. The van der Waals surface area contributed by atoms with Crippen molar-refractivity contribution in [3.05, 3.63) is 66.1 Å². The number of rotatable bonds is 1. The average molecular weight is 353 g/mol. The molecular weight excluding hydrogens is 338 g/mol. The van der Waals surface area contributed by atoms with Crippen LogP contribution in [0.1, 0.15) is 17.2 Å². The van der Waals surface area contributed by atoms with Gasteiger partial charge in [-0.2, -0.15) is 5.26 Å². The van der Waals surface area contributed by atoms with E-state index in [-0.39, 0.29) is 5.90 Å². The van der Waals surface area contributed by atoms with Crippen molar-refractivity contribution in [2.45, 2.75) is 5.92 Å². The summed E-state index contributed by atoms with van der Waals surface area (Å²) in [5.74, 6) is -0.562. The number of nitriles is 1. The average Bonchev–Trinajstić information content (AvgIpc) is 3.08. The molecule has 0 aliphatic carbocycles. The van der Waals surface area contributed by atoms with E-state index in [1.165, 1.54) is 0 Å². The fourth-order valence-corrected chi connectivity index (χ4v) is 3.79. The summed E-state index contributed by atoms with van der Waals surface area (Å²) < 4.78 is 7.80. The number of fused-ring (bicyclic) bond motifs is 4. The number of ether oxygens (including phenoxy) is 1. The molecule has 2 unspecified atom stereocenters. The van der Waals surface area contributed by atoms with Gasteiger partial charge in [-0.05, 0) is 24.3 Å². The van der Waals surface area contributed by atoms with E-state index in [4.69, 9.17) is 15.1 Å². The van der Waals surface area contributed by atoms with Crippen molar-refractivity contribution in [2.75, 3.05) is 0 Å². The minimum Gasteiger partial charge on any atom is -0.441 e. The lowest BCUT2D eigenvalue weighted by Crippen LogP contribution is -2.31. The normalized spacial score (nSPS) is 18.9. The van der Waals surface area contributed by atoms with Crippen molar-refractivity contribution < 1.29 is 4.74 Å². The van der Waals surface area contributed by atoms with Crippen LogP contribution in [0, 0.1) is 22.7 Å². The molecule has 0 saturated carbocycles. The lowest BCUT2D eigenvalue weighted by molar-refractivity contribution is 0.452. The highest BCUT2D eigenvalue weighted by atomic mass is 16.5. The Morgan fingerprint density at radius 3 is 2.78 bits per heavy atom. The summed E-state index contributed by atoms with van der Waals surface area (Å²) in [6.07, 6.45) is 3.66. The van der Waals surface area contributed by atoms with Crippen LogP contribution in [0.25, 0.3) is 21.9 Å². The summed E-state index contributed by atoms with van der Waals surface area (Å²) in [5, 5.41) is 19.0. The fraction of sp³-hybridized carbons (Fsp3) is 0.143. The van der Waals surface area contributed by atoms with Crippen LogP contribution in [0.2, 0.25) is 0 Å². The SMILES string of the molecule is Cn1ccc2c3c(ccc21)C(c1cnc2ccccc2n1)C(C#N)C(=N)O3. The Hall–Kier alpha value is -3.72. The van der Waals surface area contributed by atoms with Gasteiger partial charge < -0.3 is 9.30 Å². The second-order valence-corrected chi connectivity index (χ2v) is 6.68. The predicted molar refractivity (Wildman–Crippen MR) is 102 cm³/mol. The minimum atomic E-state index is -0.742. The van der Waals surface area contributed by atoms with Crippen LogP contribution in [0.3, 0.4) is 0 Å². The number of nitrogens with zero attached hydrogens (tertiary/aromatic N) is 4. The van der Waals surface area contributed by atoms with Crippen LogP contribution >= 0.6 is 0 Å². The third-order valence-corrected chi connectivity index (χ3v) is 5.14. The molecule has 0 fully saturated rings. The van der Waals surface area contributed by atoms with Gasteiger partial charge in [0.05, 0.1) is 34.2 Å². The Labute approximate surface area is 155 Å². The topological polar surface area (TPSA) is 87.6 Å². The van der Waals surface area contributed by atoms with Crippen LogP contribution in [-0.2, 0) is 7.05 Å². The maximum Gasteiger partial charge on any atom is 0.205 e. The van der Waals surface area contributed by atoms with Crippen LogP contribution in [0.5, 0.6) is 5.75 Å². The van der Waals surface area contributed by atoms with Crippen LogP contribution in [0.4, 0.5) is 0 Å². The zero-order valence-electron chi connectivity index (χ0n) is 14.5. The van der Waals surface area contributed by atoms with Crippen molar-refractivity contribution in [3.63, 3.8) is 0 Å². The third kappa shape index (κ3) is 2.22. The van der Waals surface area contributed by atoms with Crippen LogP contribution in [-0.4, -0.2) is 20.4 Å². The van der Waals surface area contributed by atoms with Gasteiger partial charge in [-0.25, -0.2) is 4.98 Å². The Balaban J connectivity index is 1.77. The number of benzene rings is 2. The number of aryl methyl sites for hydroxylation is 1. The molecule has 4 aromatic rings. The first-order chi connectivity index (χ1) is 13.2.